The van der Waals surface area contributed by atoms with Crippen molar-refractivity contribution < 1.29 is 0 Å². The summed E-state index contributed by atoms with van der Waals surface area (Å²) in [6.45, 7) is 0. The summed E-state index contributed by atoms with van der Waals surface area (Å²) in [5, 5.41) is 16.6. The van der Waals surface area contributed by atoms with Gasteiger partial charge in [-0.2, -0.15) is 5.26 Å². The molecular weight excluding hydrogens is 196 g/mol. The molecule has 3 aromatic rings. The minimum absolute atomic E-state index is 0.345. The van der Waals surface area contributed by atoms with Gasteiger partial charge in [-0.3, -0.25) is 4.40 Å². The lowest BCUT2D eigenvalue weighted by molar-refractivity contribution is 1.07. The largest absolute Gasteiger partial charge is 0.257 e. The maximum atomic E-state index is 8.83. The Morgan fingerprint density at radius 3 is 3.00 bits per heavy atom. The fourth-order valence-electron chi connectivity index (χ4n) is 1.45. The second-order valence-electron chi connectivity index (χ2n) is 2.82. The molecule has 0 bridgehead atoms. The van der Waals surface area contributed by atoms with Gasteiger partial charge in [0.1, 0.15) is 6.07 Å². The summed E-state index contributed by atoms with van der Waals surface area (Å²) in [5.74, 6) is 0.345. The number of benzene rings is 1. The van der Waals surface area contributed by atoms with Crippen LogP contribution in [0.3, 0.4) is 0 Å². The number of hydrogen-bond acceptors (Lipinski definition) is 4. The van der Waals surface area contributed by atoms with Crippen LogP contribution in [0.4, 0.5) is 0 Å². The quantitative estimate of drug-likeness (QED) is 0.556. The van der Waals surface area contributed by atoms with Crippen LogP contribution in [0.5, 0.6) is 0 Å². The lowest BCUT2D eigenvalue weighted by atomic mass is 10.3. The van der Waals surface area contributed by atoms with Crippen molar-refractivity contribution in [2.75, 3.05) is 0 Å². The van der Waals surface area contributed by atoms with Crippen LogP contribution in [0.25, 0.3) is 15.2 Å². The van der Waals surface area contributed by atoms with Crippen LogP contribution in [-0.4, -0.2) is 14.6 Å². The first-order valence-electron chi connectivity index (χ1n) is 4.03. The third kappa shape index (κ3) is 0.805. The summed E-state index contributed by atoms with van der Waals surface area (Å²) >= 11 is 1.54. The zero-order valence-electron chi connectivity index (χ0n) is 7.01. The monoisotopic (exact) mass is 200 g/mol. The third-order valence-corrected chi connectivity index (χ3v) is 3.05. The van der Waals surface area contributed by atoms with E-state index in [4.69, 9.17) is 5.26 Å². The van der Waals surface area contributed by atoms with Gasteiger partial charge in [0.15, 0.2) is 0 Å². The molecule has 5 heteroatoms. The molecule has 0 radical (unpaired) electrons. The molecule has 0 saturated carbocycles. The Hall–Kier alpha value is -1.93. The van der Waals surface area contributed by atoms with Crippen molar-refractivity contribution in [3.05, 3.63) is 30.1 Å². The zero-order valence-corrected chi connectivity index (χ0v) is 7.82. The van der Waals surface area contributed by atoms with E-state index >= 15 is 0 Å². The fourth-order valence-corrected chi connectivity index (χ4v) is 2.42. The van der Waals surface area contributed by atoms with Gasteiger partial charge in [0.2, 0.25) is 10.8 Å². The van der Waals surface area contributed by atoms with Gasteiger partial charge in [0.05, 0.1) is 10.2 Å². The van der Waals surface area contributed by atoms with Crippen molar-refractivity contribution in [1.82, 2.24) is 14.6 Å². The van der Waals surface area contributed by atoms with Crippen LogP contribution in [0, 0.1) is 11.3 Å². The van der Waals surface area contributed by atoms with Crippen molar-refractivity contribution in [3.8, 4) is 6.07 Å². The molecule has 0 spiro atoms. The van der Waals surface area contributed by atoms with E-state index in [9.17, 15) is 0 Å². The van der Waals surface area contributed by atoms with E-state index in [1.807, 2.05) is 30.3 Å². The Kier molecular flexibility index (Phi) is 1.35. The number of nitriles is 1. The molecule has 0 fully saturated rings. The summed E-state index contributed by atoms with van der Waals surface area (Å²) in [4.78, 5) is 0.766. The summed E-state index contributed by atoms with van der Waals surface area (Å²) in [6.07, 6.45) is 0. The van der Waals surface area contributed by atoms with Crippen molar-refractivity contribution in [3.63, 3.8) is 0 Å². The fraction of sp³-hybridized carbons (Fsp3) is 0. The third-order valence-electron chi connectivity index (χ3n) is 2.04. The summed E-state index contributed by atoms with van der Waals surface area (Å²) in [6, 6.07) is 9.91. The van der Waals surface area contributed by atoms with Gasteiger partial charge in [-0.05, 0) is 12.1 Å². The van der Waals surface area contributed by atoms with E-state index in [1.165, 1.54) is 11.3 Å². The van der Waals surface area contributed by atoms with Crippen LogP contribution < -0.4 is 0 Å². The van der Waals surface area contributed by atoms with Crippen LogP contribution in [-0.2, 0) is 0 Å². The SMILES string of the molecule is N#Cc1nnc2sc3ccccc3n12. The molecule has 0 aliphatic rings. The number of nitrogens with zero attached hydrogens (tertiary/aromatic N) is 4. The van der Waals surface area contributed by atoms with E-state index in [1.54, 1.807) is 4.40 Å². The summed E-state index contributed by atoms with van der Waals surface area (Å²) in [5.41, 5.74) is 0.994. The first-order valence-corrected chi connectivity index (χ1v) is 4.84. The van der Waals surface area contributed by atoms with Crippen LogP contribution >= 0.6 is 11.3 Å². The van der Waals surface area contributed by atoms with Gasteiger partial charge in [-0.1, -0.05) is 23.5 Å². The van der Waals surface area contributed by atoms with Gasteiger partial charge < -0.3 is 0 Å². The van der Waals surface area contributed by atoms with Gasteiger partial charge in [0.25, 0.3) is 0 Å². The Balaban J connectivity index is 2.63. The molecule has 14 heavy (non-hydrogen) atoms. The van der Waals surface area contributed by atoms with Crippen LogP contribution in [0.15, 0.2) is 24.3 Å². The molecule has 0 aliphatic carbocycles. The van der Waals surface area contributed by atoms with Crippen molar-refractivity contribution in [2.45, 2.75) is 0 Å². The van der Waals surface area contributed by atoms with E-state index in [-0.39, 0.29) is 0 Å². The normalized spacial score (nSPS) is 10.8. The van der Waals surface area contributed by atoms with Gasteiger partial charge in [-0.25, -0.2) is 0 Å². The second-order valence-corrected chi connectivity index (χ2v) is 3.83. The average molecular weight is 200 g/mol. The first kappa shape index (κ1) is 7.47. The Morgan fingerprint density at radius 2 is 2.14 bits per heavy atom. The van der Waals surface area contributed by atoms with Gasteiger partial charge in [0, 0.05) is 0 Å². The Bertz CT molecular complexity index is 658. The standard InChI is InChI=1S/C9H4N4S/c10-5-8-11-12-9-13(8)6-3-1-2-4-7(6)14-9/h1-4H. The first-order chi connectivity index (χ1) is 6.90. The molecule has 0 N–H and O–H groups in total. The molecule has 3 rings (SSSR count). The van der Waals surface area contributed by atoms with Crippen LogP contribution in [0.2, 0.25) is 0 Å². The van der Waals surface area contributed by atoms with E-state index in [2.05, 4.69) is 10.2 Å². The van der Waals surface area contributed by atoms with Gasteiger partial charge in [-0.15, -0.1) is 10.2 Å². The predicted octanol–water partition coefficient (Wildman–Crippen LogP) is 1.82. The number of fused-ring (bicyclic) bond motifs is 3. The highest BCUT2D eigenvalue weighted by Gasteiger charge is 2.10. The zero-order chi connectivity index (χ0) is 9.54. The molecule has 2 heterocycles. The predicted molar refractivity (Wildman–Crippen MR) is 53.1 cm³/mol. The highest BCUT2D eigenvalue weighted by atomic mass is 32.1. The molecule has 0 saturated heterocycles. The van der Waals surface area contributed by atoms with E-state index in [0.29, 0.717) is 5.82 Å². The number of thiazole rings is 1. The minimum atomic E-state index is 0.345. The molecule has 0 unspecified atom stereocenters. The number of hydrogen-bond donors (Lipinski definition) is 0. The smallest absolute Gasteiger partial charge is 0.240 e. The number of para-hydroxylation sites is 1. The van der Waals surface area contributed by atoms with Crippen molar-refractivity contribution in [2.24, 2.45) is 0 Å². The Morgan fingerprint density at radius 1 is 1.29 bits per heavy atom. The summed E-state index contributed by atoms with van der Waals surface area (Å²) in [7, 11) is 0. The molecule has 66 valence electrons. The van der Waals surface area contributed by atoms with E-state index < -0.39 is 0 Å². The molecule has 4 nitrogen and oxygen atoms in total. The highest BCUT2D eigenvalue weighted by molar-refractivity contribution is 7.23. The molecular formula is C9H4N4S. The second kappa shape index (κ2) is 2.53. The van der Waals surface area contributed by atoms with Crippen molar-refractivity contribution >= 4 is 26.5 Å². The molecule has 2 aromatic heterocycles. The maximum absolute atomic E-state index is 8.83. The Labute approximate surface area is 83.0 Å². The molecule has 0 amide bonds. The molecule has 0 atom stereocenters. The lowest BCUT2D eigenvalue weighted by Gasteiger charge is -1.88. The van der Waals surface area contributed by atoms with Gasteiger partial charge >= 0.3 is 0 Å². The van der Waals surface area contributed by atoms with E-state index in [0.717, 1.165) is 15.2 Å². The highest BCUT2D eigenvalue weighted by Crippen LogP contribution is 2.25. The maximum Gasteiger partial charge on any atom is 0.240 e. The number of aromatic nitrogens is 3. The number of rotatable bonds is 0. The minimum Gasteiger partial charge on any atom is -0.257 e. The lowest BCUT2D eigenvalue weighted by Crippen LogP contribution is -1.85. The molecule has 0 aliphatic heterocycles. The van der Waals surface area contributed by atoms with Crippen molar-refractivity contribution in [1.29, 1.82) is 5.26 Å². The topological polar surface area (TPSA) is 54.0 Å². The average Bonchev–Trinajstić information content (AvgIpc) is 2.75. The van der Waals surface area contributed by atoms with Crippen LogP contribution in [0.1, 0.15) is 5.82 Å². The molecule has 1 aromatic carbocycles. The summed E-state index contributed by atoms with van der Waals surface area (Å²) < 4.78 is 2.90.